The van der Waals surface area contributed by atoms with Crippen molar-refractivity contribution in [1.29, 1.82) is 0 Å². The highest BCUT2D eigenvalue weighted by molar-refractivity contribution is 6.30. The van der Waals surface area contributed by atoms with Gasteiger partial charge in [-0.25, -0.2) is 5.48 Å². The molecular weight excluding hydrogens is 323 g/mol. The van der Waals surface area contributed by atoms with Crippen LogP contribution in [0.2, 0.25) is 5.02 Å². The van der Waals surface area contributed by atoms with Gasteiger partial charge in [0.15, 0.2) is 6.10 Å². The van der Waals surface area contributed by atoms with Crippen molar-refractivity contribution in [2.75, 3.05) is 6.61 Å². The highest BCUT2D eigenvalue weighted by Crippen LogP contribution is 2.38. The summed E-state index contributed by atoms with van der Waals surface area (Å²) >= 11 is 5.57. The summed E-state index contributed by atoms with van der Waals surface area (Å²) in [5.41, 5.74) is 1.14. The molecule has 1 saturated carbocycles. The highest BCUT2D eigenvalue weighted by Gasteiger charge is 2.35. The lowest BCUT2D eigenvalue weighted by atomic mass is 10.2. The summed E-state index contributed by atoms with van der Waals surface area (Å²) < 4.78 is 43.8. The van der Waals surface area contributed by atoms with E-state index in [1.807, 2.05) is 0 Å². The summed E-state index contributed by atoms with van der Waals surface area (Å²) in [5, 5.41) is -0.0652. The second-order valence-corrected chi connectivity index (χ2v) is 5.56. The molecule has 8 heteroatoms. The van der Waals surface area contributed by atoms with E-state index in [2.05, 4.69) is 5.48 Å². The van der Waals surface area contributed by atoms with E-state index in [1.54, 1.807) is 0 Å². The molecule has 4 nitrogen and oxygen atoms in total. The average Bonchev–Trinajstić information content (AvgIpc) is 3.23. The van der Waals surface area contributed by atoms with Crippen molar-refractivity contribution in [2.24, 2.45) is 5.92 Å². The summed E-state index contributed by atoms with van der Waals surface area (Å²) in [6.07, 6.45) is -3.65. The number of hydrogen-bond acceptors (Lipinski definition) is 3. The monoisotopic (exact) mass is 337 g/mol. The van der Waals surface area contributed by atoms with Crippen molar-refractivity contribution < 1.29 is 27.5 Å². The van der Waals surface area contributed by atoms with E-state index >= 15 is 0 Å². The van der Waals surface area contributed by atoms with E-state index in [0.29, 0.717) is 12.5 Å². The van der Waals surface area contributed by atoms with Crippen molar-refractivity contribution >= 4 is 17.5 Å². The Labute approximate surface area is 130 Å². The first-order valence-electron chi connectivity index (χ1n) is 6.72. The van der Waals surface area contributed by atoms with Gasteiger partial charge in [0.2, 0.25) is 0 Å². The molecular formula is C14H15ClF3NO3. The van der Waals surface area contributed by atoms with Gasteiger partial charge in [0.1, 0.15) is 5.75 Å². The Morgan fingerprint density at radius 3 is 2.73 bits per heavy atom. The van der Waals surface area contributed by atoms with Gasteiger partial charge in [-0.3, -0.25) is 9.63 Å². The second kappa shape index (κ2) is 6.75. The van der Waals surface area contributed by atoms with Gasteiger partial charge < -0.3 is 4.74 Å². The second-order valence-electron chi connectivity index (χ2n) is 5.12. The van der Waals surface area contributed by atoms with E-state index in [9.17, 15) is 18.0 Å². The van der Waals surface area contributed by atoms with Gasteiger partial charge in [0.05, 0.1) is 12.2 Å². The molecule has 1 aliphatic carbocycles. The molecule has 0 saturated heterocycles. The van der Waals surface area contributed by atoms with Gasteiger partial charge in [-0.15, -0.1) is 0 Å². The molecule has 1 aromatic carbocycles. The van der Waals surface area contributed by atoms with E-state index in [4.69, 9.17) is 21.2 Å². The minimum Gasteiger partial charge on any atom is -0.480 e. The number of ether oxygens (including phenoxy) is 1. The number of rotatable bonds is 6. The zero-order valence-electron chi connectivity index (χ0n) is 11.7. The molecule has 0 radical (unpaired) electrons. The number of carbonyl (C=O) groups is 1. The first-order chi connectivity index (χ1) is 10.3. The number of hydroxylamine groups is 1. The molecule has 0 spiro atoms. The van der Waals surface area contributed by atoms with Crippen LogP contribution in [0.4, 0.5) is 13.2 Å². The number of halogens is 4. The average molecular weight is 338 g/mol. The maximum absolute atomic E-state index is 12.9. The van der Waals surface area contributed by atoms with Gasteiger partial charge in [-0.05, 0) is 43.9 Å². The molecule has 22 heavy (non-hydrogen) atoms. The lowest BCUT2D eigenvalue weighted by Gasteiger charge is -2.18. The van der Waals surface area contributed by atoms with Crippen molar-refractivity contribution in [1.82, 2.24) is 5.48 Å². The van der Waals surface area contributed by atoms with E-state index in [-0.39, 0.29) is 5.02 Å². The standard InChI is InChI=1S/C14H15ClF3NO3/c1-8(13(20)19-21-7-9-2-3-9)22-12-5-4-10(15)6-11(12)14(16,17)18/h4-6,8-9H,2-3,7H2,1H3,(H,19,20). The lowest BCUT2D eigenvalue weighted by Crippen LogP contribution is -2.37. The fraction of sp³-hybridized carbons (Fsp3) is 0.500. The van der Waals surface area contributed by atoms with Gasteiger partial charge in [0, 0.05) is 5.02 Å². The van der Waals surface area contributed by atoms with Crippen LogP contribution >= 0.6 is 11.6 Å². The third kappa shape index (κ3) is 4.78. The molecule has 0 aliphatic heterocycles. The molecule has 1 unspecified atom stereocenters. The Morgan fingerprint density at radius 2 is 2.14 bits per heavy atom. The lowest BCUT2D eigenvalue weighted by molar-refractivity contribution is -0.144. The maximum Gasteiger partial charge on any atom is 0.420 e. The highest BCUT2D eigenvalue weighted by atomic mass is 35.5. The van der Waals surface area contributed by atoms with Crippen molar-refractivity contribution in [3.8, 4) is 5.75 Å². The van der Waals surface area contributed by atoms with Crippen LogP contribution < -0.4 is 10.2 Å². The van der Waals surface area contributed by atoms with Crippen molar-refractivity contribution in [3.05, 3.63) is 28.8 Å². The van der Waals surface area contributed by atoms with Gasteiger partial charge in [-0.1, -0.05) is 11.6 Å². The van der Waals surface area contributed by atoms with Crippen LogP contribution in [0, 0.1) is 5.92 Å². The van der Waals surface area contributed by atoms with Crippen molar-refractivity contribution in [2.45, 2.75) is 32.0 Å². The predicted molar refractivity (Wildman–Crippen MR) is 73.4 cm³/mol. The number of hydrogen-bond donors (Lipinski definition) is 1. The molecule has 1 fully saturated rings. The molecule has 1 aliphatic rings. The quantitative estimate of drug-likeness (QED) is 0.807. The minimum absolute atomic E-state index is 0.0652. The van der Waals surface area contributed by atoms with E-state index in [1.165, 1.54) is 13.0 Å². The Hall–Kier alpha value is -1.47. The smallest absolute Gasteiger partial charge is 0.420 e. The maximum atomic E-state index is 12.9. The zero-order chi connectivity index (χ0) is 16.3. The largest absolute Gasteiger partial charge is 0.480 e. The number of carbonyl (C=O) groups excluding carboxylic acids is 1. The third-order valence-electron chi connectivity index (χ3n) is 3.11. The first kappa shape index (κ1) is 16.9. The predicted octanol–water partition coefficient (Wildman–Crippen LogP) is 3.58. The summed E-state index contributed by atoms with van der Waals surface area (Å²) in [5.74, 6) is -0.657. The number of alkyl halides is 3. The Kier molecular flexibility index (Phi) is 5.18. The Balaban J connectivity index is 1.97. The Bertz CT molecular complexity index is 547. The van der Waals surface area contributed by atoms with Gasteiger partial charge in [-0.2, -0.15) is 13.2 Å². The minimum atomic E-state index is -4.63. The molecule has 0 aromatic heterocycles. The summed E-state index contributed by atoms with van der Waals surface area (Å²) in [6, 6.07) is 3.10. The molecule has 0 bridgehead atoms. The fourth-order valence-electron chi connectivity index (χ4n) is 1.67. The molecule has 1 N–H and O–H groups in total. The van der Waals surface area contributed by atoms with Crippen LogP contribution in [0.5, 0.6) is 5.75 Å². The fourth-order valence-corrected chi connectivity index (χ4v) is 1.84. The molecule has 122 valence electrons. The van der Waals surface area contributed by atoms with Crippen LogP contribution in [-0.2, 0) is 15.8 Å². The van der Waals surface area contributed by atoms with Crippen LogP contribution in [0.3, 0.4) is 0 Å². The molecule has 1 atom stereocenters. The normalized spacial score (nSPS) is 16.2. The SMILES string of the molecule is CC(Oc1ccc(Cl)cc1C(F)(F)F)C(=O)NOCC1CC1. The van der Waals surface area contributed by atoms with E-state index in [0.717, 1.165) is 25.0 Å². The van der Waals surface area contributed by atoms with Crippen LogP contribution in [0.15, 0.2) is 18.2 Å². The summed E-state index contributed by atoms with van der Waals surface area (Å²) in [7, 11) is 0. The number of amides is 1. The van der Waals surface area contributed by atoms with Gasteiger partial charge in [0.25, 0.3) is 5.91 Å². The first-order valence-corrected chi connectivity index (χ1v) is 7.10. The third-order valence-corrected chi connectivity index (χ3v) is 3.34. The van der Waals surface area contributed by atoms with Crippen LogP contribution in [0.1, 0.15) is 25.3 Å². The zero-order valence-corrected chi connectivity index (χ0v) is 12.5. The van der Waals surface area contributed by atoms with Crippen LogP contribution in [0.25, 0.3) is 0 Å². The molecule has 1 amide bonds. The Morgan fingerprint density at radius 1 is 1.45 bits per heavy atom. The van der Waals surface area contributed by atoms with Crippen molar-refractivity contribution in [3.63, 3.8) is 0 Å². The molecule has 0 heterocycles. The van der Waals surface area contributed by atoms with E-state index < -0.39 is 29.5 Å². The number of benzene rings is 1. The topological polar surface area (TPSA) is 47.6 Å². The van der Waals surface area contributed by atoms with Gasteiger partial charge >= 0.3 is 6.18 Å². The summed E-state index contributed by atoms with van der Waals surface area (Å²) in [6.45, 7) is 1.73. The molecule has 1 aromatic rings. The summed E-state index contributed by atoms with van der Waals surface area (Å²) in [4.78, 5) is 16.7. The number of nitrogens with one attached hydrogen (secondary N) is 1. The van der Waals surface area contributed by atoms with Crippen LogP contribution in [-0.4, -0.2) is 18.6 Å². The molecule has 2 rings (SSSR count).